The maximum Gasteiger partial charge on any atom is 0.407 e. The van der Waals surface area contributed by atoms with Gasteiger partial charge in [0.25, 0.3) is 0 Å². The summed E-state index contributed by atoms with van der Waals surface area (Å²) in [6.07, 6.45) is 1.23. The van der Waals surface area contributed by atoms with Crippen molar-refractivity contribution in [2.45, 2.75) is 62.7 Å². The van der Waals surface area contributed by atoms with E-state index in [1.807, 2.05) is 82.6 Å². The zero-order valence-corrected chi connectivity index (χ0v) is 36.1. The second-order valence-electron chi connectivity index (χ2n) is 16.5. The lowest BCUT2D eigenvalue weighted by Crippen LogP contribution is -2.56. The number of halogens is 1. The van der Waals surface area contributed by atoms with Gasteiger partial charge in [0.05, 0.1) is 23.5 Å². The summed E-state index contributed by atoms with van der Waals surface area (Å²) in [7, 11) is 2.84. The Morgan fingerprint density at radius 3 is 1.35 bits per heavy atom. The second-order valence-corrected chi connectivity index (χ2v) is 17.0. The van der Waals surface area contributed by atoms with Gasteiger partial charge in [0, 0.05) is 49.7 Å². The number of primary amides is 2. The summed E-state index contributed by atoms with van der Waals surface area (Å²) in [5.74, 6) is -2.37. The first-order valence-electron chi connectivity index (χ1n) is 20.6. The van der Waals surface area contributed by atoms with E-state index in [0.717, 1.165) is 50.6 Å². The fourth-order valence-electron chi connectivity index (χ4n) is 9.53. The molecule has 1 aromatic heterocycles. The van der Waals surface area contributed by atoms with Crippen LogP contribution in [0.2, 0.25) is 5.02 Å². The number of aldehydes is 2. The Morgan fingerprint density at radius 2 is 1.03 bits per heavy atom. The SMILES string of the molecule is CC(C=O)[C@@H](CN1CCC[C@@]1(C(N)=O)c1ccc(-c2ccc(-c3ccc([C@]4(C(N)=O)CCCN4C[C@H](C(C)C=O)N(C)C(=O)O)cc3)n2-c2ccc(Cl)cc2)cc1)N(C)C(=O)O. The molecule has 3 aromatic carbocycles. The van der Waals surface area contributed by atoms with Gasteiger partial charge in [0.2, 0.25) is 11.8 Å². The molecule has 15 nitrogen and oxygen atoms in total. The molecule has 62 heavy (non-hydrogen) atoms. The van der Waals surface area contributed by atoms with Crippen molar-refractivity contribution in [1.82, 2.24) is 24.2 Å². The Kier molecular flexibility index (Phi) is 13.6. The smallest absolute Gasteiger partial charge is 0.407 e. The van der Waals surface area contributed by atoms with Crippen molar-refractivity contribution in [2.75, 3.05) is 40.3 Å². The van der Waals surface area contributed by atoms with Crippen molar-refractivity contribution >= 4 is 48.2 Å². The molecule has 4 amide bonds. The Hall–Kier alpha value is -6.03. The molecule has 0 spiro atoms. The Bertz CT molecular complexity index is 2170. The molecule has 6 rings (SSSR count). The molecule has 328 valence electrons. The van der Waals surface area contributed by atoms with E-state index in [4.69, 9.17) is 23.1 Å². The molecule has 2 saturated heterocycles. The lowest BCUT2D eigenvalue weighted by Gasteiger charge is -2.40. The van der Waals surface area contributed by atoms with Crippen molar-refractivity contribution in [2.24, 2.45) is 23.3 Å². The van der Waals surface area contributed by atoms with Gasteiger partial charge in [-0.15, -0.1) is 0 Å². The highest BCUT2D eigenvalue weighted by Gasteiger charge is 2.50. The van der Waals surface area contributed by atoms with E-state index in [2.05, 4.69) is 4.57 Å². The van der Waals surface area contributed by atoms with Crippen LogP contribution in [0, 0.1) is 11.8 Å². The van der Waals surface area contributed by atoms with Crippen LogP contribution >= 0.6 is 11.6 Å². The van der Waals surface area contributed by atoms with E-state index in [1.54, 1.807) is 26.0 Å². The van der Waals surface area contributed by atoms with Gasteiger partial charge in [0.1, 0.15) is 23.7 Å². The molecule has 16 heteroatoms. The quantitative estimate of drug-likeness (QED) is 0.0959. The van der Waals surface area contributed by atoms with Crippen LogP contribution in [-0.4, -0.2) is 123 Å². The van der Waals surface area contributed by atoms with Crippen LogP contribution in [0.15, 0.2) is 84.9 Å². The fraction of sp³-hybridized carbons (Fsp3) is 0.391. The Morgan fingerprint density at radius 1 is 0.661 bits per heavy atom. The zero-order valence-electron chi connectivity index (χ0n) is 35.3. The summed E-state index contributed by atoms with van der Waals surface area (Å²) in [4.78, 5) is 80.6. The average Bonchev–Trinajstić information content (AvgIpc) is 4.02. The van der Waals surface area contributed by atoms with Crippen LogP contribution in [0.1, 0.15) is 50.7 Å². The average molecular weight is 868 g/mol. The molecule has 3 heterocycles. The van der Waals surface area contributed by atoms with E-state index in [-0.39, 0.29) is 13.1 Å². The molecule has 6 N–H and O–H groups in total. The molecule has 2 fully saturated rings. The molecule has 2 aliphatic heterocycles. The monoisotopic (exact) mass is 867 g/mol. The number of carbonyl (C=O) groups is 6. The summed E-state index contributed by atoms with van der Waals surface area (Å²) in [6, 6.07) is 25.2. The topological polar surface area (TPSA) is 213 Å². The van der Waals surface area contributed by atoms with Crippen LogP contribution in [-0.2, 0) is 30.3 Å². The van der Waals surface area contributed by atoms with Crippen LogP contribution in [0.5, 0.6) is 0 Å². The van der Waals surface area contributed by atoms with Crippen LogP contribution in [0.4, 0.5) is 9.59 Å². The molecule has 0 radical (unpaired) electrons. The first kappa shape index (κ1) is 45.5. The Balaban J connectivity index is 1.37. The van der Waals surface area contributed by atoms with Gasteiger partial charge in [-0.2, -0.15) is 0 Å². The second kappa shape index (κ2) is 18.5. The largest absolute Gasteiger partial charge is 0.465 e. The van der Waals surface area contributed by atoms with Crippen molar-refractivity contribution in [3.05, 3.63) is 101 Å². The van der Waals surface area contributed by atoms with Crippen LogP contribution < -0.4 is 11.5 Å². The molecular weight excluding hydrogens is 814 g/mol. The number of likely N-dealkylation sites (tertiary alicyclic amines) is 2. The maximum absolute atomic E-state index is 13.5. The predicted molar refractivity (Wildman–Crippen MR) is 235 cm³/mol. The first-order valence-corrected chi connectivity index (χ1v) is 21.0. The van der Waals surface area contributed by atoms with E-state index < -0.39 is 59.0 Å². The van der Waals surface area contributed by atoms with E-state index in [1.165, 1.54) is 14.1 Å². The Labute approximate surface area is 365 Å². The van der Waals surface area contributed by atoms with E-state index in [0.29, 0.717) is 54.9 Å². The number of carboxylic acid groups (broad SMARTS) is 2. The number of rotatable bonds is 17. The molecule has 0 saturated carbocycles. The summed E-state index contributed by atoms with van der Waals surface area (Å²) in [5.41, 5.74) is 15.4. The summed E-state index contributed by atoms with van der Waals surface area (Å²) < 4.78 is 2.08. The van der Waals surface area contributed by atoms with Gasteiger partial charge in [-0.3, -0.25) is 19.4 Å². The number of benzene rings is 3. The molecule has 0 bridgehead atoms. The van der Waals surface area contributed by atoms with Gasteiger partial charge >= 0.3 is 12.2 Å². The third-order valence-corrected chi connectivity index (χ3v) is 13.4. The highest BCUT2D eigenvalue weighted by Crippen LogP contribution is 2.43. The first-order chi connectivity index (χ1) is 29.5. The highest BCUT2D eigenvalue weighted by atomic mass is 35.5. The lowest BCUT2D eigenvalue weighted by molar-refractivity contribution is -0.130. The van der Waals surface area contributed by atoms with Crippen molar-refractivity contribution in [3.8, 4) is 28.2 Å². The summed E-state index contributed by atoms with van der Waals surface area (Å²) in [6.45, 7) is 4.56. The number of carbonyl (C=O) groups excluding carboxylic acids is 4. The van der Waals surface area contributed by atoms with Gasteiger partial charge in [-0.25, -0.2) is 9.59 Å². The summed E-state index contributed by atoms with van der Waals surface area (Å²) >= 11 is 6.34. The minimum Gasteiger partial charge on any atom is -0.465 e. The molecule has 0 aliphatic carbocycles. The van der Waals surface area contributed by atoms with E-state index >= 15 is 0 Å². The summed E-state index contributed by atoms with van der Waals surface area (Å²) in [5, 5.41) is 20.1. The minimum absolute atomic E-state index is 0.134. The van der Waals surface area contributed by atoms with Crippen molar-refractivity contribution in [3.63, 3.8) is 0 Å². The van der Waals surface area contributed by atoms with Gasteiger partial charge in [0.15, 0.2) is 0 Å². The molecule has 2 unspecified atom stereocenters. The number of aromatic nitrogens is 1. The van der Waals surface area contributed by atoms with E-state index in [9.17, 15) is 39.0 Å². The van der Waals surface area contributed by atoms with Crippen LogP contribution in [0.25, 0.3) is 28.2 Å². The normalized spacial score (nSPS) is 21.1. The third kappa shape index (κ3) is 8.31. The van der Waals surface area contributed by atoms with Gasteiger partial charge in [-0.1, -0.05) is 74.0 Å². The molecular formula is C46H54ClN7O8. The van der Waals surface area contributed by atoms with Gasteiger partial charge < -0.3 is 45.6 Å². The third-order valence-electron chi connectivity index (χ3n) is 13.2. The number of nitrogens with zero attached hydrogens (tertiary/aromatic N) is 5. The lowest BCUT2D eigenvalue weighted by atomic mass is 9.85. The van der Waals surface area contributed by atoms with Gasteiger partial charge in [-0.05, 0) is 97.4 Å². The van der Waals surface area contributed by atoms with Crippen molar-refractivity contribution < 1.29 is 39.0 Å². The minimum atomic E-state index is -1.22. The number of likely N-dealkylation sites (N-methyl/N-ethyl adjacent to an activating group) is 2. The molecule has 2 aliphatic rings. The number of amides is 4. The molecule has 6 atom stereocenters. The maximum atomic E-state index is 13.5. The van der Waals surface area contributed by atoms with Crippen LogP contribution in [0.3, 0.4) is 0 Å². The number of hydrogen-bond donors (Lipinski definition) is 4. The number of hydrogen-bond acceptors (Lipinski definition) is 8. The highest BCUT2D eigenvalue weighted by molar-refractivity contribution is 6.30. The van der Waals surface area contributed by atoms with Crippen molar-refractivity contribution in [1.29, 1.82) is 0 Å². The predicted octanol–water partition coefficient (Wildman–Crippen LogP) is 5.64. The standard InChI is InChI=1S/C46H54ClN7O8/c1-29(27-55)39(50(3)43(59)60)25-52-23-5-21-45(52,41(48)57)33-11-7-31(8-12-33)37-19-20-38(54(37)36-17-15-35(47)16-18-36)32-9-13-34(14-10-32)46(42(49)58)22-6-24-53(46)26-40(30(2)28-56)51(4)44(61)62/h7-20,27-30,39-40H,5-6,21-26H2,1-4H3,(H2,48,57)(H2,49,58)(H,59,60)(H,61,62)/t29?,30?,39-,40-,45+,46+/m1/s1. The number of nitrogens with two attached hydrogens (primary N) is 2. The zero-order chi connectivity index (χ0) is 45.1. The molecule has 4 aromatic rings. The fourth-order valence-corrected chi connectivity index (χ4v) is 9.65.